The van der Waals surface area contributed by atoms with Crippen molar-refractivity contribution in [2.45, 2.75) is 51.7 Å². The van der Waals surface area contributed by atoms with E-state index in [9.17, 15) is 0 Å². The van der Waals surface area contributed by atoms with Crippen LogP contribution in [0.4, 0.5) is 0 Å². The minimum absolute atomic E-state index is 0.662. The monoisotopic (exact) mass is 253 g/mol. The molecule has 3 nitrogen and oxygen atoms in total. The highest BCUT2D eigenvalue weighted by atomic mass is 32.1. The number of thiazole rings is 1. The van der Waals surface area contributed by atoms with E-state index in [0.29, 0.717) is 12.1 Å². The fraction of sp³-hybridized carbons (Fsp3) is 0.769. The quantitative estimate of drug-likeness (QED) is 0.892. The van der Waals surface area contributed by atoms with Gasteiger partial charge in [-0.25, -0.2) is 4.98 Å². The number of rotatable bonds is 4. The summed E-state index contributed by atoms with van der Waals surface area (Å²) in [5, 5.41) is 4.67. The fourth-order valence-corrected chi connectivity index (χ4v) is 3.36. The lowest BCUT2D eigenvalue weighted by Gasteiger charge is -2.37. The number of piperidine rings is 1. The van der Waals surface area contributed by atoms with E-state index in [1.165, 1.54) is 29.3 Å². The molecule has 2 heterocycles. The van der Waals surface area contributed by atoms with Gasteiger partial charge in [-0.15, -0.1) is 11.3 Å². The van der Waals surface area contributed by atoms with Crippen molar-refractivity contribution in [1.29, 1.82) is 0 Å². The summed E-state index contributed by atoms with van der Waals surface area (Å²) in [4.78, 5) is 8.48. The number of nitrogens with one attached hydrogen (secondary N) is 1. The Labute approximate surface area is 108 Å². The first-order valence-corrected chi connectivity index (χ1v) is 7.39. The van der Waals surface area contributed by atoms with Gasteiger partial charge in [-0.3, -0.25) is 4.90 Å². The molecule has 2 rings (SSSR count). The minimum Gasteiger partial charge on any atom is -0.317 e. The summed E-state index contributed by atoms with van der Waals surface area (Å²) in [6.07, 6.45) is 5.65. The number of hydrogen-bond acceptors (Lipinski definition) is 4. The SMILES string of the molecule is CCc1cnc(CN2CCC(NC)CC2C)s1. The standard InChI is InChI=1S/C13H23N3S/c1-4-12-8-15-13(17-12)9-16-6-5-11(14-3)7-10(16)2/h8,10-11,14H,4-7,9H2,1-3H3. The zero-order valence-electron chi connectivity index (χ0n) is 11.1. The molecule has 4 heteroatoms. The number of likely N-dealkylation sites (tertiary alicyclic amines) is 1. The molecule has 1 N–H and O–H groups in total. The van der Waals surface area contributed by atoms with Crippen LogP contribution in [0.3, 0.4) is 0 Å². The maximum Gasteiger partial charge on any atom is 0.107 e. The van der Waals surface area contributed by atoms with E-state index in [4.69, 9.17) is 0 Å². The molecule has 0 radical (unpaired) electrons. The summed E-state index contributed by atoms with van der Waals surface area (Å²) in [7, 11) is 2.07. The summed E-state index contributed by atoms with van der Waals surface area (Å²) >= 11 is 1.87. The molecule has 0 bridgehead atoms. The van der Waals surface area contributed by atoms with Gasteiger partial charge in [0.15, 0.2) is 0 Å². The minimum atomic E-state index is 0.662. The zero-order valence-corrected chi connectivity index (χ0v) is 11.9. The van der Waals surface area contributed by atoms with Crippen LogP contribution in [-0.2, 0) is 13.0 Å². The average molecular weight is 253 g/mol. The summed E-state index contributed by atoms with van der Waals surface area (Å²) in [6.45, 7) is 6.74. The molecule has 2 atom stereocenters. The molecule has 96 valence electrons. The number of aromatic nitrogens is 1. The Kier molecular flexibility index (Phi) is 4.54. The maximum absolute atomic E-state index is 4.52. The Morgan fingerprint density at radius 1 is 1.59 bits per heavy atom. The van der Waals surface area contributed by atoms with Crippen molar-refractivity contribution in [2.24, 2.45) is 0 Å². The van der Waals surface area contributed by atoms with Crippen LogP contribution in [0, 0.1) is 0 Å². The summed E-state index contributed by atoms with van der Waals surface area (Å²) in [5.41, 5.74) is 0. The van der Waals surface area contributed by atoms with Crippen LogP contribution >= 0.6 is 11.3 Å². The van der Waals surface area contributed by atoms with E-state index < -0.39 is 0 Å². The molecule has 0 saturated carbocycles. The van der Waals surface area contributed by atoms with E-state index in [-0.39, 0.29) is 0 Å². The molecule has 1 fully saturated rings. The molecule has 1 saturated heterocycles. The molecule has 1 aliphatic rings. The van der Waals surface area contributed by atoms with Gasteiger partial charge in [0.1, 0.15) is 5.01 Å². The van der Waals surface area contributed by atoms with Crippen LogP contribution in [0.1, 0.15) is 36.6 Å². The highest BCUT2D eigenvalue weighted by Gasteiger charge is 2.24. The molecule has 0 aliphatic carbocycles. The lowest BCUT2D eigenvalue weighted by atomic mass is 9.98. The van der Waals surface area contributed by atoms with Crippen molar-refractivity contribution in [2.75, 3.05) is 13.6 Å². The van der Waals surface area contributed by atoms with Gasteiger partial charge in [0.05, 0.1) is 6.54 Å². The molecule has 0 amide bonds. The molecule has 0 spiro atoms. The largest absolute Gasteiger partial charge is 0.317 e. The highest BCUT2D eigenvalue weighted by Crippen LogP contribution is 2.22. The van der Waals surface area contributed by atoms with Gasteiger partial charge in [0.2, 0.25) is 0 Å². The first kappa shape index (κ1) is 13.0. The Hall–Kier alpha value is -0.450. The predicted molar refractivity (Wildman–Crippen MR) is 73.4 cm³/mol. The molecule has 1 aliphatic heterocycles. The summed E-state index contributed by atoms with van der Waals surface area (Å²) in [5.74, 6) is 0. The van der Waals surface area contributed by atoms with Crippen LogP contribution in [0.5, 0.6) is 0 Å². The summed E-state index contributed by atoms with van der Waals surface area (Å²) < 4.78 is 0. The van der Waals surface area contributed by atoms with E-state index in [1.54, 1.807) is 0 Å². The molecule has 0 aromatic carbocycles. The van der Waals surface area contributed by atoms with Crippen molar-refractivity contribution in [3.63, 3.8) is 0 Å². The van der Waals surface area contributed by atoms with Crippen LogP contribution in [-0.4, -0.2) is 35.6 Å². The lowest BCUT2D eigenvalue weighted by molar-refractivity contribution is 0.131. The molecule has 2 unspecified atom stereocenters. The molecule has 1 aromatic heterocycles. The molecule has 1 aromatic rings. The highest BCUT2D eigenvalue weighted by molar-refractivity contribution is 7.11. The van der Waals surface area contributed by atoms with Crippen molar-refractivity contribution in [3.05, 3.63) is 16.1 Å². The third-order valence-electron chi connectivity index (χ3n) is 3.71. The molecular formula is C13H23N3S. The van der Waals surface area contributed by atoms with E-state index >= 15 is 0 Å². The van der Waals surface area contributed by atoms with Gasteiger partial charge in [0, 0.05) is 29.7 Å². The van der Waals surface area contributed by atoms with E-state index in [1.807, 2.05) is 17.5 Å². The maximum atomic E-state index is 4.52. The van der Waals surface area contributed by atoms with Gasteiger partial charge < -0.3 is 5.32 Å². The summed E-state index contributed by atoms with van der Waals surface area (Å²) in [6, 6.07) is 1.36. The van der Waals surface area contributed by atoms with Crippen molar-refractivity contribution in [1.82, 2.24) is 15.2 Å². The second-order valence-corrected chi connectivity index (χ2v) is 6.10. The number of nitrogens with zero attached hydrogens (tertiary/aromatic N) is 2. The van der Waals surface area contributed by atoms with Crippen molar-refractivity contribution in [3.8, 4) is 0 Å². The topological polar surface area (TPSA) is 28.2 Å². The van der Waals surface area contributed by atoms with Crippen LogP contribution in [0.15, 0.2) is 6.20 Å². The lowest BCUT2D eigenvalue weighted by Crippen LogP contribution is -2.46. The first-order valence-electron chi connectivity index (χ1n) is 6.57. The van der Waals surface area contributed by atoms with Gasteiger partial charge in [-0.1, -0.05) is 6.92 Å². The molecule has 17 heavy (non-hydrogen) atoms. The Morgan fingerprint density at radius 3 is 3.00 bits per heavy atom. The first-order chi connectivity index (χ1) is 8.22. The number of aryl methyl sites for hydroxylation is 1. The normalized spacial score (nSPS) is 26.3. The third-order valence-corrected chi connectivity index (χ3v) is 4.84. The second-order valence-electron chi connectivity index (χ2n) is 4.90. The smallest absolute Gasteiger partial charge is 0.107 e. The third kappa shape index (κ3) is 3.27. The van der Waals surface area contributed by atoms with E-state index in [0.717, 1.165) is 13.0 Å². The Bertz CT molecular complexity index is 350. The van der Waals surface area contributed by atoms with Gasteiger partial charge in [-0.05, 0) is 33.2 Å². The van der Waals surface area contributed by atoms with Gasteiger partial charge >= 0.3 is 0 Å². The fourth-order valence-electron chi connectivity index (χ4n) is 2.48. The van der Waals surface area contributed by atoms with Crippen molar-refractivity contribution >= 4 is 11.3 Å². The zero-order chi connectivity index (χ0) is 12.3. The number of hydrogen-bond donors (Lipinski definition) is 1. The van der Waals surface area contributed by atoms with Crippen LogP contribution in [0.25, 0.3) is 0 Å². The van der Waals surface area contributed by atoms with E-state index in [2.05, 4.69) is 36.1 Å². The predicted octanol–water partition coefficient (Wildman–Crippen LogP) is 2.28. The second kappa shape index (κ2) is 5.94. The van der Waals surface area contributed by atoms with Gasteiger partial charge in [-0.2, -0.15) is 0 Å². The average Bonchev–Trinajstić information content (AvgIpc) is 2.79. The molecular weight excluding hydrogens is 230 g/mol. The Morgan fingerprint density at radius 2 is 2.41 bits per heavy atom. The van der Waals surface area contributed by atoms with Crippen molar-refractivity contribution < 1.29 is 0 Å². The van der Waals surface area contributed by atoms with Crippen LogP contribution < -0.4 is 5.32 Å². The van der Waals surface area contributed by atoms with Crippen LogP contribution in [0.2, 0.25) is 0 Å². The Balaban J connectivity index is 1.91. The van der Waals surface area contributed by atoms with Gasteiger partial charge in [0.25, 0.3) is 0 Å².